The van der Waals surface area contributed by atoms with Gasteiger partial charge in [-0.3, -0.25) is 4.79 Å². The zero-order chi connectivity index (χ0) is 14.9. The van der Waals surface area contributed by atoms with Crippen molar-refractivity contribution in [1.82, 2.24) is 5.32 Å². The summed E-state index contributed by atoms with van der Waals surface area (Å²) < 4.78 is 5.68. The van der Waals surface area contributed by atoms with E-state index in [4.69, 9.17) is 14.9 Å². The number of ether oxygens (including phenoxy) is 1. The van der Waals surface area contributed by atoms with E-state index in [9.17, 15) is 9.59 Å². The van der Waals surface area contributed by atoms with E-state index in [2.05, 4.69) is 5.32 Å². The number of benzene rings is 1. The number of nitrogens with one attached hydrogen (secondary N) is 1. The molecule has 0 spiro atoms. The van der Waals surface area contributed by atoms with Gasteiger partial charge in [0.1, 0.15) is 11.9 Å². The average molecular weight is 279 g/mol. The van der Waals surface area contributed by atoms with Crippen molar-refractivity contribution in [2.45, 2.75) is 31.9 Å². The Bertz CT molecular complexity index is 542. The maximum absolute atomic E-state index is 12.1. The lowest BCUT2D eigenvalue weighted by atomic mass is 9.97. The average Bonchev–Trinajstić information content (AvgIpc) is 2.71. The van der Waals surface area contributed by atoms with Crippen LogP contribution in [0.25, 0.3) is 0 Å². The summed E-state index contributed by atoms with van der Waals surface area (Å²) in [6.45, 7) is 3.26. The van der Waals surface area contributed by atoms with Crippen LogP contribution < -0.4 is 10.1 Å². The van der Waals surface area contributed by atoms with Crippen LogP contribution in [-0.2, 0) is 4.79 Å². The van der Waals surface area contributed by atoms with Crippen LogP contribution in [0.3, 0.4) is 0 Å². The quantitative estimate of drug-likeness (QED) is 0.755. The van der Waals surface area contributed by atoms with Crippen LogP contribution in [0.5, 0.6) is 5.75 Å². The molecule has 0 aromatic heterocycles. The van der Waals surface area contributed by atoms with E-state index in [0.29, 0.717) is 11.3 Å². The van der Waals surface area contributed by atoms with Gasteiger partial charge >= 0.3 is 5.97 Å². The lowest BCUT2D eigenvalue weighted by Crippen LogP contribution is -2.43. The molecule has 1 heterocycles. The molecular weight excluding hydrogens is 262 g/mol. The highest BCUT2D eigenvalue weighted by atomic mass is 16.5. The van der Waals surface area contributed by atoms with Gasteiger partial charge in [0.05, 0.1) is 12.2 Å². The van der Waals surface area contributed by atoms with Gasteiger partial charge in [-0.15, -0.1) is 0 Å². The van der Waals surface area contributed by atoms with E-state index in [1.165, 1.54) is 0 Å². The fourth-order valence-corrected chi connectivity index (χ4v) is 2.19. The third-order valence-corrected chi connectivity index (χ3v) is 3.57. The van der Waals surface area contributed by atoms with Gasteiger partial charge in [0, 0.05) is 11.5 Å². The Hall–Kier alpha value is -2.08. The molecule has 3 N–H and O–H groups in total. The van der Waals surface area contributed by atoms with Gasteiger partial charge < -0.3 is 20.3 Å². The molecule has 0 saturated heterocycles. The minimum Gasteiger partial charge on any atom is -0.489 e. The topological polar surface area (TPSA) is 95.9 Å². The summed E-state index contributed by atoms with van der Waals surface area (Å²) in [4.78, 5) is 23.0. The van der Waals surface area contributed by atoms with Crippen LogP contribution in [-0.4, -0.2) is 40.8 Å². The number of para-hydroxylation sites is 1. The molecule has 1 aliphatic heterocycles. The molecule has 6 nitrogen and oxygen atoms in total. The molecule has 2 rings (SSSR count). The second-order valence-electron chi connectivity index (χ2n) is 4.88. The lowest BCUT2D eigenvalue weighted by molar-refractivity contribution is -0.140. The smallest absolute Gasteiger partial charge is 0.328 e. The van der Waals surface area contributed by atoms with E-state index in [-0.39, 0.29) is 12.0 Å². The summed E-state index contributed by atoms with van der Waals surface area (Å²) in [5.74, 6) is -1.18. The van der Waals surface area contributed by atoms with Crippen LogP contribution in [0.1, 0.15) is 35.7 Å². The largest absolute Gasteiger partial charge is 0.489 e. The number of fused-ring (bicyclic) bond motifs is 1. The van der Waals surface area contributed by atoms with Gasteiger partial charge in [-0.2, -0.15) is 0 Å². The van der Waals surface area contributed by atoms with E-state index in [1.807, 2.05) is 19.9 Å². The number of rotatable bonds is 4. The van der Waals surface area contributed by atoms with Crippen molar-refractivity contribution >= 4 is 11.9 Å². The molecule has 0 saturated carbocycles. The second-order valence-corrected chi connectivity index (χ2v) is 4.88. The molecule has 0 aliphatic carbocycles. The molecule has 0 radical (unpaired) electrons. The first-order valence-electron chi connectivity index (χ1n) is 6.39. The molecule has 1 aromatic carbocycles. The van der Waals surface area contributed by atoms with Gasteiger partial charge in [0.25, 0.3) is 5.91 Å². The molecule has 108 valence electrons. The predicted molar refractivity (Wildman–Crippen MR) is 70.9 cm³/mol. The van der Waals surface area contributed by atoms with Crippen LogP contribution in [0.15, 0.2) is 18.2 Å². The predicted octanol–water partition coefficient (Wildman–Crippen LogP) is 0.746. The highest BCUT2D eigenvalue weighted by Gasteiger charge is 2.32. The number of aliphatic hydroxyl groups excluding tert-OH is 1. The summed E-state index contributed by atoms with van der Waals surface area (Å²) in [5, 5.41) is 20.1. The Kier molecular flexibility index (Phi) is 3.94. The van der Waals surface area contributed by atoms with Gasteiger partial charge in [0.2, 0.25) is 0 Å². The van der Waals surface area contributed by atoms with Crippen molar-refractivity contribution in [3.63, 3.8) is 0 Å². The van der Waals surface area contributed by atoms with Gasteiger partial charge in [-0.25, -0.2) is 4.79 Å². The van der Waals surface area contributed by atoms with Crippen LogP contribution in [0, 0.1) is 0 Å². The number of carboxylic acids is 1. The SMILES string of the molecule is CC1Oc2c(C(=O)N[C@@H](CO)C(=O)O)cccc2C1C. The number of aliphatic carboxylic acids is 1. The molecule has 1 amide bonds. The van der Waals surface area contributed by atoms with E-state index in [0.717, 1.165) is 5.56 Å². The molecule has 3 atom stereocenters. The van der Waals surface area contributed by atoms with E-state index >= 15 is 0 Å². The number of carboxylic acid groups (broad SMARTS) is 1. The van der Waals surface area contributed by atoms with Gasteiger partial charge in [-0.05, 0) is 13.0 Å². The zero-order valence-corrected chi connectivity index (χ0v) is 11.3. The number of carbonyl (C=O) groups excluding carboxylic acids is 1. The van der Waals surface area contributed by atoms with Crippen molar-refractivity contribution in [1.29, 1.82) is 0 Å². The number of carbonyl (C=O) groups is 2. The Balaban J connectivity index is 2.27. The fraction of sp³-hybridized carbons (Fsp3) is 0.429. The molecule has 1 aliphatic rings. The highest BCUT2D eigenvalue weighted by Crippen LogP contribution is 2.40. The molecule has 2 unspecified atom stereocenters. The summed E-state index contributed by atoms with van der Waals surface area (Å²) in [5.41, 5.74) is 1.22. The molecular formula is C14H17NO5. The summed E-state index contributed by atoms with van der Waals surface area (Å²) in [6.07, 6.45) is -0.0351. The number of hydrogen-bond donors (Lipinski definition) is 3. The van der Waals surface area contributed by atoms with Crippen LogP contribution in [0.2, 0.25) is 0 Å². The maximum atomic E-state index is 12.1. The highest BCUT2D eigenvalue weighted by molar-refractivity contribution is 5.99. The minimum absolute atomic E-state index is 0.0351. The minimum atomic E-state index is -1.32. The molecule has 20 heavy (non-hydrogen) atoms. The summed E-state index contributed by atoms with van der Waals surface area (Å²) in [6, 6.07) is 3.88. The third kappa shape index (κ3) is 2.46. The Morgan fingerprint density at radius 3 is 2.70 bits per heavy atom. The number of hydrogen-bond acceptors (Lipinski definition) is 4. The first-order chi connectivity index (χ1) is 9.45. The van der Waals surface area contributed by atoms with Crippen molar-refractivity contribution in [3.8, 4) is 5.75 Å². The maximum Gasteiger partial charge on any atom is 0.328 e. The molecule has 6 heteroatoms. The van der Waals surface area contributed by atoms with E-state index in [1.54, 1.807) is 12.1 Å². The van der Waals surface area contributed by atoms with Gasteiger partial charge in [0.15, 0.2) is 6.04 Å². The Morgan fingerprint density at radius 2 is 2.10 bits per heavy atom. The fourth-order valence-electron chi connectivity index (χ4n) is 2.19. The van der Waals surface area contributed by atoms with Crippen molar-refractivity contribution in [2.75, 3.05) is 6.61 Å². The lowest BCUT2D eigenvalue weighted by Gasteiger charge is -2.13. The van der Waals surface area contributed by atoms with Crippen molar-refractivity contribution < 1.29 is 24.5 Å². The van der Waals surface area contributed by atoms with Gasteiger partial charge in [-0.1, -0.05) is 19.1 Å². The Labute approximate surface area is 116 Å². The summed E-state index contributed by atoms with van der Waals surface area (Å²) in [7, 11) is 0. The zero-order valence-electron chi connectivity index (χ0n) is 11.3. The first-order valence-corrected chi connectivity index (χ1v) is 6.39. The number of amides is 1. The normalized spacial score (nSPS) is 21.8. The van der Waals surface area contributed by atoms with Crippen LogP contribution >= 0.6 is 0 Å². The second kappa shape index (κ2) is 5.50. The Morgan fingerprint density at radius 1 is 1.40 bits per heavy atom. The third-order valence-electron chi connectivity index (χ3n) is 3.57. The van der Waals surface area contributed by atoms with Crippen molar-refractivity contribution in [2.24, 2.45) is 0 Å². The molecule has 0 bridgehead atoms. The van der Waals surface area contributed by atoms with Crippen molar-refractivity contribution in [3.05, 3.63) is 29.3 Å². The monoisotopic (exact) mass is 279 g/mol. The van der Waals surface area contributed by atoms with E-state index < -0.39 is 24.5 Å². The molecule has 0 fully saturated rings. The standard InChI is InChI=1S/C14H17NO5/c1-7-8(2)20-12-9(7)4-3-5-10(12)13(17)15-11(6-16)14(18)19/h3-5,7-8,11,16H,6H2,1-2H3,(H,15,17)(H,18,19)/t7?,8?,11-/m0/s1. The first kappa shape index (κ1) is 14.3. The number of aliphatic hydroxyl groups is 1. The van der Waals surface area contributed by atoms with Crippen LogP contribution in [0.4, 0.5) is 0 Å². The summed E-state index contributed by atoms with van der Waals surface area (Å²) >= 11 is 0. The molecule has 1 aromatic rings.